The molecule has 1 aromatic rings. The number of ether oxygens (including phenoxy) is 1. The van der Waals surface area contributed by atoms with Gasteiger partial charge in [-0.1, -0.05) is 13.8 Å². The van der Waals surface area contributed by atoms with Gasteiger partial charge in [-0.25, -0.2) is 4.39 Å². The summed E-state index contributed by atoms with van der Waals surface area (Å²) < 4.78 is 19.6. The lowest BCUT2D eigenvalue weighted by molar-refractivity contribution is -0.123. The van der Waals surface area contributed by atoms with Crippen LogP contribution in [0.3, 0.4) is 0 Å². The van der Waals surface area contributed by atoms with Crippen molar-refractivity contribution in [1.29, 1.82) is 0 Å². The van der Waals surface area contributed by atoms with Gasteiger partial charge in [-0.3, -0.25) is 4.79 Å². The minimum absolute atomic E-state index is 0.00498. The molecule has 2 aliphatic heterocycles. The van der Waals surface area contributed by atoms with Crippen molar-refractivity contribution in [1.82, 2.24) is 5.32 Å². The molecule has 2 aliphatic rings. The SMILES string of the molecule is CCC(CC)C(=O)N(c1ccc(F)cc1)C1COC2(CCNCC2)C1. The highest BCUT2D eigenvalue weighted by molar-refractivity contribution is 5.95. The van der Waals surface area contributed by atoms with Crippen LogP contribution in [0.4, 0.5) is 10.1 Å². The molecular formula is C20H29FN2O2. The Labute approximate surface area is 149 Å². The Balaban J connectivity index is 1.86. The van der Waals surface area contributed by atoms with Crippen molar-refractivity contribution < 1.29 is 13.9 Å². The van der Waals surface area contributed by atoms with Gasteiger partial charge in [-0.05, 0) is 69.5 Å². The third-order valence-electron chi connectivity index (χ3n) is 5.75. The van der Waals surface area contributed by atoms with E-state index in [4.69, 9.17) is 4.74 Å². The lowest BCUT2D eigenvalue weighted by Crippen LogP contribution is -2.46. The number of rotatable bonds is 5. The van der Waals surface area contributed by atoms with Gasteiger partial charge in [0.2, 0.25) is 5.91 Å². The second-order valence-corrected chi connectivity index (χ2v) is 7.30. The molecule has 2 saturated heterocycles. The van der Waals surface area contributed by atoms with E-state index in [1.165, 1.54) is 12.1 Å². The van der Waals surface area contributed by atoms with E-state index in [9.17, 15) is 9.18 Å². The quantitative estimate of drug-likeness (QED) is 0.885. The molecule has 1 atom stereocenters. The number of nitrogens with one attached hydrogen (secondary N) is 1. The van der Waals surface area contributed by atoms with E-state index in [-0.39, 0.29) is 29.3 Å². The zero-order valence-corrected chi connectivity index (χ0v) is 15.3. The van der Waals surface area contributed by atoms with E-state index in [1.807, 2.05) is 18.7 Å². The standard InChI is InChI=1S/C20H29FN2O2/c1-3-15(4-2)19(24)23(17-7-5-16(21)6-8-17)18-13-20(25-14-18)9-11-22-12-10-20/h5-8,15,18,22H,3-4,9-14H2,1-2H3. The van der Waals surface area contributed by atoms with Gasteiger partial charge in [0.25, 0.3) is 0 Å². The van der Waals surface area contributed by atoms with Gasteiger partial charge < -0.3 is 15.0 Å². The molecule has 1 N–H and O–H groups in total. The second kappa shape index (κ2) is 7.83. The van der Waals surface area contributed by atoms with Crippen molar-refractivity contribution in [3.05, 3.63) is 30.1 Å². The average molecular weight is 348 g/mol. The van der Waals surface area contributed by atoms with Crippen molar-refractivity contribution in [3.63, 3.8) is 0 Å². The summed E-state index contributed by atoms with van der Waals surface area (Å²) in [5, 5.41) is 3.37. The normalized spacial score (nSPS) is 22.5. The third kappa shape index (κ3) is 3.87. The minimum atomic E-state index is -0.281. The first kappa shape index (κ1) is 18.3. The minimum Gasteiger partial charge on any atom is -0.373 e. The highest BCUT2D eigenvalue weighted by Crippen LogP contribution is 2.38. The van der Waals surface area contributed by atoms with Gasteiger partial charge in [-0.2, -0.15) is 0 Å². The first-order chi connectivity index (χ1) is 12.1. The van der Waals surface area contributed by atoms with Crippen LogP contribution in [-0.2, 0) is 9.53 Å². The second-order valence-electron chi connectivity index (χ2n) is 7.30. The molecule has 0 aromatic heterocycles. The Bertz CT molecular complexity index is 580. The summed E-state index contributed by atoms with van der Waals surface area (Å²) in [6, 6.07) is 6.31. The van der Waals surface area contributed by atoms with Gasteiger partial charge in [0.1, 0.15) is 5.82 Å². The number of piperidine rings is 1. The highest BCUT2D eigenvalue weighted by atomic mass is 19.1. The molecule has 0 aliphatic carbocycles. The monoisotopic (exact) mass is 348 g/mol. The van der Waals surface area contributed by atoms with E-state index in [1.54, 1.807) is 12.1 Å². The molecule has 4 nitrogen and oxygen atoms in total. The number of anilines is 1. The Morgan fingerprint density at radius 3 is 2.52 bits per heavy atom. The summed E-state index contributed by atoms with van der Waals surface area (Å²) in [7, 11) is 0. The first-order valence-electron chi connectivity index (χ1n) is 9.52. The van der Waals surface area contributed by atoms with Crippen LogP contribution in [0.15, 0.2) is 24.3 Å². The van der Waals surface area contributed by atoms with Gasteiger partial charge >= 0.3 is 0 Å². The highest BCUT2D eigenvalue weighted by Gasteiger charge is 2.45. The largest absolute Gasteiger partial charge is 0.373 e. The molecule has 2 fully saturated rings. The summed E-state index contributed by atoms with van der Waals surface area (Å²) in [6.45, 7) is 6.58. The zero-order valence-electron chi connectivity index (χ0n) is 15.3. The van der Waals surface area contributed by atoms with Crippen molar-refractivity contribution in [3.8, 4) is 0 Å². The summed E-state index contributed by atoms with van der Waals surface area (Å²) in [6.07, 6.45) is 4.46. The molecule has 1 spiro atoms. The number of halogens is 1. The van der Waals surface area contributed by atoms with E-state index >= 15 is 0 Å². The molecule has 2 heterocycles. The lowest BCUT2D eigenvalue weighted by atomic mass is 9.87. The molecule has 0 bridgehead atoms. The number of carbonyl (C=O) groups excluding carboxylic acids is 1. The Morgan fingerprint density at radius 1 is 1.28 bits per heavy atom. The molecule has 1 unspecified atom stereocenters. The number of hydrogen-bond donors (Lipinski definition) is 1. The Morgan fingerprint density at radius 2 is 1.92 bits per heavy atom. The fourth-order valence-electron chi connectivity index (χ4n) is 4.17. The van der Waals surface area contributed by atoms with Gasteiger partial charge in [0.15, 0.2) is 0 Å². The maximum Gasteiger partial charge on any atom is 0.230 e. The van der Waals surface area contributed by atoms with Crippen LogP contribution in [0.2, 0.25) is 0 Å². The van der Waals surface area contributed by atoms with Crippen LogP contribution in [0.25, 0.3) is 0 Å². The van der Waals surface area contributed by atoms with Gasteiger partial charge in [-0.15, -0.1) is 0 Å². The van der Waals surface area contributed by atoms with Crippen LogP contribution in [-0.4, -0.2) is 37.2 Å². The maximum atomic E-state index is 13.4. The molecule has 25 heavy (non-hydrogen) atoms. The molecule has 0 saturated carbocycles. The number of carbonyl (C=O) groups is 1. The number of nitrogens with zero attached hydrogens (tertiary/aromatic N) is 1. The summed E-state index contributed by atoms with van der Waals surface area (Å²) in [4.78, 5) is 15.1. The van der Waals surface area contributed by atoms with E-state index in [0.717, 1.165) is 50.9 Å². The van der Waals surface area contributed by atoms with Crippen LogP contribution < -0.4 is 10.2 Å². The molecule has 1 amide bonds. The van der Waals surface area contributed by atoms with E-state index in [0.29, 0.717) is 6.61 Å². The smallest absolute Gasteiger partial charge is 0.230 e. The van der Waals surface area contributed by atoms with Crippen LogP contribution in [0, 0.1) is 11.7 Å². The summed E-state index contributed by atoms with van der Waals surface area (Å²) in [5.41, 5.74) is 0.667. The zero-order chi connectivity index (χ0) is 17.9. The Hall–Kier alpha value is -1.46. The van der Waals surface area contributed by atoms with Crippen molar-refractivity contribution >= 4 is 11.6 Å². The predicted octanol–water partition coefficient (Wildman–Crippen LogP) is 3.51. The molecule has 138 valence electrons. The van der Waals surface area contributed by atoms with Crippen molar-refractivity contribution in [2.75, 3.05) is 24.6 Å². The summed E-state index contributed by atoms with van der Waals surface area (Å²) >= 11 is 0. The van der Waals surface area contributed by atoms with E-state index < -0.39 is 0 Å². The maximum absolute atomic E-state index is 13.4. The van der Waals surface area contributed by atoms with Crippen molar-refractivity contribution in [2.24, 2.45) is 5.92 Å². The molecule has 0 radical (unpaired) electrons. The number of benzene rings is 1. The van der Waals surface area contributed by atoms with E-state index in [2.05, 4.69) is 5.32 Å². The van der Waals surface area contributed by atoms with Crippen LogP contribution >= 0.6 is 0 Å². The fourth-order valence-corrected chi connectivity index (χ4v) is 4.17. The molecule has 3 rings (SSSR count). The average Bonchev–Trinajstić information content (AvgIpc) is 3.01. The summed E-state index contributed by atoms with van der Waals surface area (Å²) in [5.74, 6) is -0.151. The van der Waals surface area contributed by atoms with Gasteiger partial charge in [0, 0.05) is 11.6 Å². The lowest BCUT2D eigenvalue weighted by Gasteiger charge is -2.35. The first-order valence-corrected chi connectivity index (χ1v) is 9.52. The predicted molar refractivity (Wildman–Crippen MR) is 97.1 cm³/mol. The molecule has 5 heteroatoms. The number of amides is 1. The van der Waals surface area contributed by atoms with Crippen molar-refractivity contribution in [2.45, 2.75) is 57.6 Å². The van der Waals surface area contributed by atoms with Gasteiger partial charge in [0.05, 0.1) is 18.2 Å². The molecule has 1 aromatic carbocycles. The van der Waals surface area contributed by atoms with Crippen LogP contribution in [0.1, 0.15) is 46.0 Å². The fraction of sp³-hybridized carbons (Fsp3) is 0.650. The molecular weight excluding hydrogens is 319 g/mol. The topological polar surface area (TPSA) is 41.6 Å². The Kier molecular flexibility index (Phi) is 5.74. The number of hydrogen-bond acceptors (Lipinski definition) is 3. The van der Waals surface area contributed by atoms with Crippen LogP contribution in [0.5, 0.6) is 0 Å². The third-order valence-corrected chi connectivity index (χ3v) is 5.75.